The average molecular weight is 389 g/mol. The number of piperazine rings is 1. The Bertz CT molecular complexity index is 814. The Kier molecular flexibility index (Phi) is 6.36. The number of carbonyl (C=O) groups is 2. The van der Waals surface area contributed by atoms with Crippen molar-refractivity contribution in [2.75, 3.05) is 51.4 Å². The number of carbonyl (C=O) groups excluding carboxylic acids is 2. The van der Waals surface area contributed by atoms with E-state index in [2.05, 4.69) is 10.1 Å². The fraction of sp³-hybridized carbons (Fsp3) is 0.421. The number of anilines is 1. The summed E-state index contributed by atoms with van der Waals surface area (Å²) in [5, 5.41) is 3.61. The molecule has 1 aromatic carbocycles. The van der Waals surface area contributed by atoms with Gasteiger partial charge in [0.25, 0.3) is 11.8 Å². The number of methoxy groups -OCH3 is 1. The molecule has 9 heteroatoms. The summed E-state index contributed by atoms with van der Waals surface area (Å²) in [5.41, 5.74) is 1.00. The summed E-state index contributed by atoms with van der Waals surface area (Å²) in [6.45, 7) is 3.51. The predicted molar refractivity (Wildman–Crippen MR) is 99.5 cm³/mol. The predicted octanol–water partition coefficient (Wildman–Crippen LogP) is 1.26. The van der Waals surface area contributed by atoms with Gasteiger partial charge in [0.2, 0.25) is 0 Å². The van der Waals surface area contributed by atoms with Crippen molar-refractivity contribution in [3.8, 4) is 11.6 Å². The second-order valence-electron chi connectivity index (χ2n) is 6.26. The molecule has 2 heterocycles. The monoisotopic (exact) mass is 389 g/mol. The van der Waals surface area contributed by atoms with Crippen molar-refractivity contribution in [2.24, 2.45) is 0 Å². The number of benzene rings is 1. The third kappa shape index (κ3) is 4.93. The fourth-order valence-electron chi connectivity index (χ4n) is 2.91. The van der Waals surface area contributed by atoms with E-state index < -0.39 is 5.97 Å². The lowest BCUT2D eigenvalue weighted by molar-refractivity contribution is -0.153. The van der Waals surface area contributed by atoms with E-state index in [0.717, 1.165) is 11.4 Å². The topological polar surface area (TPSA) is 94.3 Å². The molecule has 0 spiro atoms. The molecule has 0 bridgehead atoms. The largest absolute Gasteiger partial charge is 0.495 e. The second kappa shape index (κ2) is 9.12. The highest BCUT2D eigenvalue weighted by atomic mass is 16.6. The Morgan fingerprint density at radius 1 is 1.14 bits per heavy atom. The molecule has 0 radical (unpaired) electrons. The van der Waals surface area contributed by atoms with E-state index in [4.69, 9.17) is 18.7 Å². The Morgan fingerprint density at radius 3 is 2.57 bits per heavy atom. The maximum Gasteiger partial charge on any atom is 0.344 e. The minimum atomic E-state index is -0.637. The number of hydrogen-bond acceptors (Lipinski definition) is 8. The second-order valence-corrected chi connectivity index (χ2v) is 6.26. The van der Waals surface area contributed by atoms with Crippen molar-refractivity contribution in [2.45, 2.75) is 6.92 Å². The first-order valence-corrected chi connectivity index (χ1v) is 8.94. The number of esters is 1. The quantitative estimate of drug-likeness (QED) is 0.654. The molecule has 1 amide bonds. The van der Waals surface area contributed by atoms with Gasteiger partial charge < -0.3 is 28.5 Å². The molecule has 0 saturated carbocycles. The number of ether oxygens (including phenoxy) is 3. The molecule has 9 nitrogen and oxygen atoms in total. The van der Waals surface area contributed by atoms with Crippen LogP contribution < -0.4 is 14.4 Å². The third-order valence-corrected chi connectivity index (χ3v) is 4.36. The van der Waals surface area contributed by atoms with Gasteiger partial charge in [-0.25, -0.2) is 4.79 Å². The van der Waals surface area contributed by atoms with Gasteiger partial charge in [-0.15, -0.1) is 0 Å². The Balaban J connectivity index is 1.40. The maximum atomic E-state index is 12.3. The van der Waals surface area contributed by atoms with Crippen LogP contribution in [0.4, 0.5) is 5.69 Å². The van der Waals surface area contributed by atoms with Gasteiger partial charge >= 0.3 is 5.97 Å². The summed E-state index contributed by atoms with van der Waals surface area (Å²) in [6.07, 6.45) is 0. The summed E-state index contributed by atoms with van der Waals surface area (Å²) in [5.74, 6) is 0.713. The van der Waals surface area contributed by atoms with E-state index in [9.17, 15) is 9.59 Å². The van der Waals surface area contributed by atoms with E-state index in [-0.39, 0.29) is 25.0 Å². The Morgan fingerprint density at radius 2 is 1.89 bits per heavy atom. The van der Waals surface area contributed by atoms with Crippen LogP contribution in [0, 0.1) is 6.92 Å². The van der Waals surface area contributed by atoms with Gasteiger partial charge in [0.05, 0.1) is 12.8 Å². The van der Waals surface area contributed by atoms with Gasteiger partial charge in [-0.05, 0) is 24.2 Å². The van der Waals surface area contributed by atoms with Crippen LogP contribution in [0.25, 0.3) is 0 Å². The number of aryl methyl sites for hydroxylation is 1. The molecular weight excluding hydrogens is 366 g/mol. The number of rotatable bonds is 7. The van der Waals surface area contributed by atoms with Crippen LogP contribution in [0.15, 0.2) is 34.9 Å². The van der Waals surface area contributed by atoms with E-state index in [1.54, 1.807) is 25.0 Å². The molecule has 1 aliphatic heterocycles. The van der Waals surface area contributed by atoms with Crippen molar-refractivity contribution in [3.05, 3.63) is 36.1 Å². The first kappa shape index (κ1) is 19.5. The van der Waals surface area contributed by atoms with Gasteiger partial charge in [-0.1, -0.05) is 12.1 Å². The number of para-hydroxylation sites is 2. The molecule has 0 atom stereocenters. The molecule has 1 aromatic heterocycles. The van der Waals surface area contributed by atoms with E-state index in [0.29, 0.717) is 31.9 Å². The first-order chi connectivity index (χ1) is 13.6. The minimum absolute atomic E-state index is 0.202. The Labute approximate surface area is 162 Å². The molecule has 0 unspecified atom stereocenters. The number of nitrogens with zero attached hydrogens (tertiary/aromatic N) is 3. The van der Waals surface area contributed by atoms with Crippen molar-refractivity contribution in [1.29, 1.82) is 0 Å². The molecule has 2 aromatic rings. The number of hydrogen-bond donors (Lipinski definition) is 0. The zero-order valence-corrected chi connectivity index (χ0v) is 15.9. The lowest BCUT2D eigenvalue weighted by atomic mass is 10.2. The molecule has 1 fully saturated rings. The van der Waals surface area contributed by atoms with Crippen molar-refractivity contribution < 1.29 is 28.3 Å². The van der Waals surface area contributed by atoms with Crippen molar-refractivity contribution >= 4 is 17.6 Å². The average Bonchev–Trinajstić information content (AvgIpc) is 3.15. The fourth-order valence-corrected chi connectivity index (χ4v) is 2.91. The van der Waals surface area contributed by atoms with Crippen LogP contribution in [0.3, 0.4) is 0 Å². The summed E-state index contributed by atoms with van der Waals surface area (Å²) >= 11 is 0. The molecule has 0 aliphatic carbocycles. The number of aromatic nitrogens is 1. The minimum Gasteiger partial charge on any atom is -0.495 e. The van der Waals surface area contributed by atoms with Gasteiger partial charge in [-0.2, -0.15) is 0 Å². The van der Waals surface area contributed by atoms with Crippen LogP contribution in [0.5, 0.6) is 11.6 Å². The smallest absolute Gasteiger partial charge is 0.344 e. The first-order valence-electron chi connectivity index (χ1n) is 8.94. The zero-order valence-electron chi connectivity index (χ0n) is 15.9. The van der Waals surface area contributed by atoms with Gasteiger partial charge in [-0.3, -0.25) is 4.79 Å². The molecule has 0 N–H and O–H groups in total. The summed E-state index contributed by atoms with van der Waals surface area (Å²) in [6, 6.07) is 9.34. The lowest BCUT2D eigenvalue weighted by Gasteiger charge is -2.36. The molecule has 1 saturated heterocycles. The normalized spacial score (nSPS) is 13.9. The Hall–Kier alpha value is -3.23. The summed E-state index contributed by atoms with van der Waals surface area (Å²) < 4.78 is 20.3. The maximum absolute atomic E-state index is 12.3. The SMILES string of the molecule is COc1ccccc1N1CCN(C(=O)COC(=O)COc2cc(C)on2)CC1. The van der Waals surface area contributed by atoms with Crippen LogP contribution >= 0.6 is 0 Å². The third-order valence-electron chi connectivity index (χ3n) is 4.36. The van der Waals surface area contributed by atoms with Gasteiger partial charge in [0.15, 0.2) is 13.2 Å². The molecule has 150 valence electrons. The lowest BCUT2D eigenvalue weighted by Crippen LogP contribution is -2.50. The van der Waals surface area contributed by atoms with Crippen molar-refractivity contribution in [3.63, 3.8) is 0 Å². The summed E-state index contributed by atoms with van der Waals surface area (Å²) in [7, 11) is 1.64. The summed E-state index contributed by atoms with van der Waals surface area (Å²) in [4.78, 5) is 27.9. The van der Waals surface area contributed by atoms with E-state index in [1.807, 2.05) is 24.3 Å². The van der Waals surface area contributed by atoms with Crippen LogP contribution in [0.1, 0.15) is 5.76 Å². The molecular formula is C19H23N3O6. The standard InChI is InChI=1S/C19H23N3O6/c1-14-11-17(20-28-14)26-13-19(24)27-12-18(23)22-9-7-21(8-10-22)15-5-3-4-6-16(15)25-2/h3-6,11H,7-10,12-13H2,1-2H3. The zero-order chi connectivity index (χ0) is 19.9. The molecule has 3 rings (SSSR count). The highest BCUT2D eigenvalue weighted by Crippen LogP contribution is 2.28. The molecule has 28 heavy (non-hydrogen) atoms. The van der Waals surface area contributed by atoms with Crippen LogP contribution in [-0.2, 0) is 14.3 Å². The van der Waals surface area contributed by atoms with E-state index >= 15 is 0 Å². The highest BCUT2D eigenvalue weighted by Gasteiger charge is 2.23. The van der Waals surface area contributed by atoms with Crippen LogP contribution in [0.2, 0.25) is 0 Å². The van der Waals surface area contributed by atoms with Gasteiger partial charge in [0.1, 0.15) is 11.5 Å². The van der Waals surface area contributed by atoms with Crippen molar-refractivity contribution in [1.82, 2.24) is 10.1 Å². The number of amides is 1. The molecule has 1 aliphatic rings. The highest BCUT2D eigenvalue weighted by molar-refractivity contribution is 5.81. The van der Waals surface area contributed by atoms with Gasteiger partial charge in [0, 0.05) is 32.2 Å². The van der Waals surface area contributed by atoms with Crippen LogP contribution in [-0.4, -0.2) is 68.4 Å². The van der Waals surface area contributed by atoms with E-state index in [1.165, 1.54) is 0 Å².